The summed E-state index contributed by atoms with van der Waals surface area (Å²) in [6, 6.07) is 18.1. The fraction of sp³-hybridized carbons (Fsp3) is 0.0800. The number of hydrogen-bond donors (Lipinski definition) is 5. The molecule has 11 heteroatoms. The van der Waals surface area contributed by atoms with Gasteiger partial charge in [-0.15, -0.1) is 0 Å². The third-order valence-electron chi connectivity index (χ3n) is 5.54. The van der Waals surface area contributed by atoms with Crippen LogP contribution in [0.25, 0.3) is 22.2 Å². The Morgan fingerprint density at radius 3 is 2.81 bits per heavy atom. The summed E-state index contributed by atoms with van der Waals surface area (Å²) in [4.78, 5) is 25.3. The highest BCUT2D eigenvalue weighted by molar-refractivity contribution is 6.03. The number of hydrazine groups is 1. The first-order chi connectivity index (χ1) is 17.6. The highest BCUT2D eigenvalue weighted by Crippen LogP contribution is 2.25. The summed E-state index contributed by atoms with van der Waals surface area (Å²) in [6.07, 6.45) is 3.02. The second-order valence-electron chi connectivity index (χ2n) is 7.93. The fourth-order valence-corrected chi connectivity index (χ4v) is 3.80. The summed E-state index contributed by atoms with van der Waals surface area (Å²) in [5, 5.41) is 11.7. The van der Waals surface area contributed by atoms with Gasteiger partial charge in [-0.05, 0) is 42.5 Å². The van der Waals surface area contributed by atoms with E-state index in [0.717, 1.165) is 22.2 Å². The molecule has 0 atom stereocenters. The molecule has 6 N–H and O–H groups in total. The predicted octanol–water partition coefficient (Wildman–Crippen LogP) is 2.75. The van der Waals surface area contributed by atoms with Crippen LogP contribution in [0, 0.1) is 5.82 Å². The van der Waals surface area contributed by atoms with Crippen LogP contribution in [0.3, 0.4) is 0 Å². The van der Waals surface area contributed by atoms with Gasteiger partial charge in [-0.25, -0.2) is 14.9 Å². The number of amides is 1. The topological polar surface area (TPSA) is 137 Å². The van der Waals surface area contributed by atoms with E-state index < -0.39 is 11.7 Å². The van der Waals surface area contributed by atoms with Crippen molar-refractivity contribution in [1.82, 2.24) is 30.6 Å². The van der Waals surface area contributed by atoms with Gasteiger partial charge in [-0.3, -0.25) is 20.4 Å². The first-order valence-corrected chi connectivity index (χ1v) is 11.2. The van der Waals surface area contributed by atoms with Crippen LogP contribution in [0.1, 0.15) is 15.9 Å². The van der Waals surface area contributed by atoms with E-state index in [0.29, 0.717) is 23.6 Å². The van der Waals surface area contributed by atoms with Crippen molar-refractivity contribution < 1.29 is 14.5 Å². The van der Waals surface area contributed by atoms with E-state index in [9.17, 15) is 9.18 Å². The maximum Gasteiger partial charge on any atom is 0.260 e. The molecule has 0 aliphatic carbocycles. The lowest BCUT2D eigenvalue weighted by atomic mass is 10.1. The van der Waals surface area contributed by atoms with Gasteiger partial charge in [0.2, 0.25) is 11.8 Å². The number of pyridine rings is 2. The number of halogens is 1. The van der Waals surface area contributed by atoms with Crippen LogP contribution in [-0.2, 0) is 6.54 Å². The molecule has 10 nitrogen and oxygen atoms in total. The SMILES string of the molecule is CNNc1ccc(-c2ccc(C(=O)Nc3ncn[nH]3)c(F)c2)nc1[NH2+]Cc1ccc2ncccc2c1. The Balaban J connectivity index is 1.38. The summed E-state index contributed by atoms with van der Waals surface area (Å²) in [6.45, 7) is 0.648. The summed E-state index contributed by atoms with van der Waals surface area (Å²) in [5.41, 5.74) is 9.86. The van der Waals surface area contributed by atoms with Crippen LogP contribution in [-0.4, -0.2) is 38.1 Å². The number of anilines is 2. The molecule has 0 unspecified atom stereocenters. The summed E-state index contributed by atoms with van der Waals surface area (Å²) < 4.78 is 14.8. The number of hydrogen-bond acceptors (Lipinski definition) is 7. The molecule has 0 aliphatic heterocycles. The smallest absolute Gasteiger partial charge is 0.260 e. The largest absolute Gasteiger partial charge is 0.315 e. The van der Waals surface area contributed by atoms with E-state index in [4.69, 9.17) is 4.98 Å². The van der Waals surface area contributed by atoms with E-state index in [2.05, 4.69) is 42.4 Å². The molecule has 0 radical (unpaired) electrons. The van der Waals surface area contributed by atoms with Crippen molar-refractivity contribution in [1.29, 1.82) is 0 Å². The lowest BCUT2D eigenvalue weighted by Gasteiger charge is -2.11. The number of benzene rings is 2. The Morgan fingerprint density at radius 1 is 1.08 bits per heavy atom. The van der Waals surface area contributed by atoms with Gasteiger partial charge < -0.3 is 5.43 Å². The van der Waals surface area contributed by atoms with Crippen LogP contribution < -0.4 is 21.5 Å². The molecule has 0 saturated carbocycles. The van der Waals surface area contributed by atoms with E-state index in [-0.39, 0.29) is 11.5 Å². The number of nitrogens with one attached hydrogen (secondary N) is 4. The van der Waals surface area contributed by atoms with Crippen LogP contribution in [0.5, 0.6) is 0 Å². The van der Waals surface area contributed by atoms with Crippen molar-refractivity contribution in [2.24, 2.45) is 0 Å². The number of fused-ring (bicyclic) bond motifs is 1. The second kappa shape index (κ2) is 10.3. The van der Waals surface area contributed by atoms with Gasteiger partial charge in [-0.1, -0.05) is 18.2 Å². The molecular weight excluding hydrogens is 461 g/mol. The number of quaternary nitrogens is 1. The number of carbonyl (C=O) groups is 1. The molecule has 0 spiro atoms. The lowest BCUT2D eigenvalue weighted by molar-refractivity contribution is -0.591. The number of nitrogens with zero attached hydrogens (tertiary/aromatic N) is 4. The quantitative estimate of drug-likeness (QED) is 0.214. The standard InChI is InChI=1S/C25H22FN9O/c1-27-34-22-9-8-21(17-5-6-18(19(26)12-17)24(36)33-25-30-14-31-35-25)32-23(22)29-13-15-4-7-20-16(11-15)3-2-10-28-20/h2-12,14,27,34H,13H2,1H3,(H,29,32)(H2,30,31,33,35,36)/p+1. The van der Waals surface area contributed by atoms with Gasteiger partial charge in [0.1, 0.15) is 24.4 Å². The number of carbonyl (C=O) groups excluding carboxylic acids is 1. The number of aromatic nitrogens is 5. The molecule has 2 aromatic carbocycles. The predicted molar refractivity (Wildman–Crippen MR) is 134 cm³/mol. The van der Waals surface area contributed by atoms with Gasteiger partial charge in [0.05, 0.1) is 16.8 Å². The minimum Gasteiger partial charge on any atom is -0.315 e. The molecule has 0 saturated heterocycles. The average Bonchev–Trinajstić information content (AvgIpc) is 3.41. The molecule has 5 aromatic rings. The first kappa shape index (κ1) is 23.0. The monoisotopic (exact) mass is 484 g/mol. The van der Waals surface area contributed by atoms with Crippen LogP contribution >= 0.6 is 0 Å². The van der Waals surface area contributed by atoms with Crippen molar-refractivity contribution in [2.45, 2.75) is 6.54 Å². The number of H-pyrrole nitrogens is 1. The molecule has 5 rings (SSSR count). The molecule has 0 fully saturated rings. The van der Waals surface area contributed by atoms with Gasteiger partial charge in [0.25, 0.3) is 5.91 Å². The molecule has 3 heterocycles. The van der Waals surface area contributed by atoms with Crippen molar-refractivity contribution in [3.05, 3.63) is 90.1 Å². The highest BCUT2D eigenvalue weighted by Gasteiger charge is 2.16. The van der Waals surface area contributed by atoms with Crippen molar-refractivity contribution in [3.8, 4) is 11.3 Å². The Labute approximate surface area is 205 Å². The van der Waals surface area contributed by atoms with Crippen LogP contribution in [0.2, 0.25) is 0 Å². The van der Waals surface area contributed by atoms with Crippen molar-refractivity contribution >= 4 is 34.3 Å². The minimum absolute atomic E-state index is 0.110. The zero-order valence-corrected chi connectivity index (χ0v) is 19.3. The molecule has 3 aromatic heterocycles. The van der Waals surface area contributed by atoms with Crippen LogP contribution in [0.4, 0.5) is 21.8 Å². The third-order valence-corrected chi connectivity index (χ3v) is 5.54. The van der Waals surface area contributed by atoms with Crippen molar-refractivity contribution in [3.63, 3.8) is 0 Å². The number of nitrogens with two attached hydrogens (primary N) is 1. The third kappa shape index (κ3) is 5.02. The van der Waals surface area contributed by atoms with Crippen molar-refractivity contribution in [2.75, 3.05) is 17.8 Å². The zero-order valence-electron chi connectivity index (χ0n) is 19.3. The van der Waals surface area contributed by atoms with Gasteiger partial charge >= 0.3 is 0 Å². The number of aromatic amines is 1. The Kier molecular flexibility index (Phi) is 6.56. The molecule has 0 bridgehead atoms. The Morgan fingerprint density at radius 2 is 2.00 bits per heavy atom. The Bertz CT molecular complexity index is 1520. The van der Waals surface area contributed by atoms with Crippen LogP contribution in [0.15, 0.2) is 73.2 Å². The molecule has 180 valence electrons. The van der Waals surface area contributed by atoms with E-state index in [1.54, 1.807) is 25.4 Å². The van der Waals surface area contributed by atoms with E-state index in [1.165, 1.54) is 18.5 Å². The second-order valence-corrected chi connectivity index (χ2v) is 7.93. The average molecular weight is 485 g/mol. The summed E-state index contributed by atoms with van der Waals surface area (Å²) in [5.74, 6) is -0.447. The Hall–Kier alpha value is -4.74. The molecular formula is C25H23FN9O+. The summed E-state index contributed by atoms with van der Waals surface area (Å²) >= 11 is 0. The van der Waals surface area contributed by atoms with Gasteiger partial charge in [0, 0.05) is 29.8 Å². The molecule has 36 heavy (non-hydrogen) atoms. The fourth-order valence-electron chi connectivity index (χ4n) is 3.80. The van der Waals surface area contributed by atoms with Gasteiger partial charge in [-0.2, -0.15) is 15.1 Å². The zero-order chi connectivity index (χ0) is 24.9. The van der Waals surface area contributed by atoms with Gasteiger partial charge in [0.15, 0.2) is 0 Å². The maximum atomic E-state index is 14.8. The van der Waals surface area contributed by atoms with E-state index in [1.807, 2.05) is 35.6 Å². The first-order valence-electron chi connectivity index (χ1n) is 11.2. The highest BCUT2D eigenvalue weighted by atomic mass is 19.1. The maximum absolute atomic E-state index is 14.8. The summed E-state index contributed by atoms with van der Waals surface area (Å²) in [7, 11) is 1.77. The molecule has 0 aliphatic rings. The normalized spacial score (nSPS) is 10.9. The number of rotatable bonds is 8. The van der Waals surface area contributed by atoms with E-state index >= 15 is 0 Å². The minimum atomic E-state index is -0.668. The lowest BCUT2D eigenvalue weighted by Crippen LogP contribution is -2.76. The molecule has 1 amide bonds.